The van der Waals surface area contributed by atoms with E-state index in [0.29, 0.717) is 17.7 Å². The average molecular weight is 279 g/mol. The molecule has 0 radical (unpaired) electrons. The molecule has 0 bridgehead atoms. The smallest absolute Gasteiger partial charge is 0.262 e. The van der Waals surface area contributed by atoms with Gasteiger partial charge >= 0.3 is 0 Å². The van der Waals surface area contributed by atoms with E-state index in [0.717, 1.165) is 6.21 Å². The number of amides is 1. The number of phenolic OH excluding ortho intramolecular Hbond substituents is 2. The molecular formula is C14H21N3O3. The Labute approximate surface area is 118 Å². The number of aliphatic imine (C=N–C) groups is 1. The van der Waals surface area contributed by atoms with E-state index in [2.05, 4.69) is 10.3 Å². The van der Waals surface area contributed by atoms with Gasteiger partial charge in [-0.3, -0.25) is 9.79 Å². The molecule has 0 heterocycles. The molecule has 6 nitrogen and oxygen atoms in total. The van der Waals surface area contributed by atoms with Gasteiger partial charge in [-0.25, -0.2) is 0 Å². The van der Waals surface area contributed by atoms with Crippen LogP contribution in [0.3, 0.4) is 0 Å². The molecule has 5 N–H and O–H groups in total. The van der Waals surface area contributed by atoms with Gasteiger partial charge in [0, 0.05) is 18.2 Å². The Morgan fingerprint density at radius 2 is 1.95 bits per heavy atom. The summed E-state index contributed by atoms with van der Waals surface area (Å²) < 4.78 is 0. The SMILES string of the molecule is CCNC(=O)C=NC(N)c1cc(C(C)C)c(O)cc1O. The van der Waals surface area contributed by atoms with Crippen LogP contribution in [-0.2, 0) is 4.79 Å². The van der Waals surface area contributed by atoms with Crippen LogP contribution in [0.5, 0.6) is 11.5 Å². The zero-order valence-corrected chi connectivity index (χ0v) is 11.9. The molecule has 0 saturated heterocycles. The second-order valence-corrected chi connectivity index (χ2v) is 4.74. The van der Waals surface area contributed by atoms with Crippen molar-refractivity contribution in [1.29, 1.82) is 0 Å². The third-order valence-corrected chi connectivity index (χ3v) is 2.82. The molecule has 0 saturated carbocycles. The summed E-state index contributed by atoms with van der Waals surface area (Å²) in [6.45, 7) is 6.13. The molecule has 6 heteroatoms. The molecule has 1 amide bonds. The molecule has 0 aromatic heterocycles. The number of benzene rings is 1. The van der Waals surface area contributed by atoms with Crippen molar-refractivity contribution in [2.45, 2.75) is 32.9 Å². The van der Waals surface area contributed by atoms with Crippen LogP contribution in [0.2, 0.25) is 0 Å². The van der Waals surface area contributed by atoms with Gasteiger partial charge in [0.1, 0.15) is 17.7 Å². The van der Waals surface area contributed by atoms with E-state index in [1.165, 1.54) is 6.07 Å². The summed E-state index contributed by atoms with van der Waals surface area (Å²) >= 11 is 0. The highest BCUT2D eigenvalue weighted by atomic mass is 16.3. The van der Waals surface area contributed by atoms with E-state index < -0.39 is 6.17 Å². The van der Waals surface area contributed by atoms with E-state index in [9.17, 15) is 15.0 Å². The number of nitrogens with zero attached hydrogens (tertiary/aromatic N) is 1. The summed E-state index contributed by atoms with van der Waals surface area (Å²) in [5.41, 5.74) is 6.88. The lowest BCUT2D eigenvalue weighted by molar-refractivity contribution is -0.114. The first-order chi connectivity index (χ1) is 9.36. The van der Waals surface area contributed by atoms with Crippen LogP contribution in [-0.4, -0.2) is 28.9 Å². The Balaban J connectivity index is 3.01. The Morgan fingerprint density at radius 1 is 1.35 bits per heavy atom. The first kappa shape index (κ1) is 16.0. The summed E-state index contributed by atoms with van der Waals surface area (Å²) in [5.74, 6) is -0.396. The fourth-order valence-corrected chi connectivity index (χ4v) is 1.76. The minimum absolute atomic E-state index is 0.0150. The lowest BCUT2D eigenvalue weighted by Crippen LogP contribution is -2.24. The second kappa shape index (κ2) is 6.91. The standard InChI is InChI=1S/C14H21N3O3/c1-4-16-13(20)7-17-14(15)10-5-9(8(2)3)11(18)6-12(10)19/h5-8,14,18-19H,4,15H2,1-3H3,(H,16,20). The molecule has 0 spiro atoms. The number of phenols is 2. The minimum Gasteiger partial charge on any atom is -0.508 e. The van der Waals surface area contributed by atoms with E-state index in [4.69, 9.17) is 5.73 Å². The fraction of sp³-hybridized carbons (Fsp3) is 0.429. The van der Waals surface area contributed by atoms with Gasteiger partial charge in [-0.15, -0.1) is 0 Å². The van der Waals surface area contributed by atoms with Gasteiger partial charge in [-0.1, -0.05) is 13.8 Å². The van der Waals surface area contributed by atoms with Crippen molar-refractivity contribution in [1.82, 2.24) is 5.32 Å². The van der Waals surface area contributed by atoms with Crippen LogP contribution in [0.15, 0.2) is 17.1 Å². The molecule has 110 valence electrons. The van der Waals surface area contributed by atoms with Crippen LogP contribution in [0.25, 0.3) is 0 Å². The van der Waals surface area contributed by atoms with E-state index in [-0.39, 0.29) is 23.3 Å². The molecule has 20 heavy (non-hydrogen) atoms. The normalized spacial score (nSPS) is 12.8. The number of nitrogens with two attached hydrogens (primary N) is 1. The molecule has 0 fully saturated rings. The van der Waals surface area contributed by atoms with E-state index in [1.807, 2.05) is 13.8 Å². The largest absolute Gasteiger partial charge is 0.508 e. The first-order valence-electron chi connectivity index (χ1n) is 6.49. The van der Waals surface area contributed by atoms with Gasteiger partial charge in [0.25, 0.3) is 5.91 Å². The molecule has 1 atom stereocenters. The summed E-state index contributed by atoms with van der Waals surface area (Å²) in [6.07, 6.45) is 0.228. The average Bonchev–Trinajstić information content (AvgIpc) is 2.36. The van der Waals surface area contributed by atoms with Crippen molar-refractivity contribution in [3.63, 3.8) is 0 Å². The third kappa shape index (κ3) is 3.96. The van der Waals surface area contributed by atoms with Crippen LogP contribution < -0.4 is 11.1 Å². The number of carbonyl (C=O) groups excluding carboxylic acids is 1. The van der Waals surface area contributed by atoms with Crippen molar-refractivity contribution < 1.29 is 15.0 Å². The molecule has 0 aliphatic heterocycles. The third-order valence-electron chi connectivity index (χ3n) is 2.82. The lowest BCUT2D eigenvalue weighted by Gasteiger charge is -2.15. The van der Waals surface area contributed by atoms with E-state index in [1.54, 1.807) is 13.0 Å². The summed E-state index contributed by atoms with van der Waals surface area (Å²) in [7, 11) is 0. The number of hydrogen-bond acceptors (Lipinski definition) is 5. The predicted octanol–water partition coefficient (Wildman–Crippen LogP) is 1.39. The maximum absolute atomic E-state index is 11.3. The van der Waals surface area contributed by atoms with Gasteiger partial charge < -0.3 is 21.3 Å². The summed E-state index contributed by atoms with van der Waals surface area (Å²) in [6, 6.07) is 2.85. The lowest BCUT2D eigenvalue weighted by atomic mass is 9.98. The molecular weight excluding hydrogens is 258 g/mol. The number of carbonyl (C=O) groups is 1. The number of hydrogen-bond donors (Lipinski definition) is 4. The van der Waals surface area contributed by atoms with Gasteiger partial charge in [0.15, 0.2) is 0 Å². The van der Waals surface area contributed by atoms with Crippen LogP contribution in [0, 0.1) is 0 Å². The van der Waals surface area contributed by atoms with Crippen LogP contribution >= 0.6 is 0 Å². The minimum atomic E-state index is -0.865. The van der Waals surface area contributed by atoms with Crippen LogP contribution in [0.4, 0.5) is 0 Å². The Morgan fingerprint density at radius 3 is 2.50 bits per heavy atom. The van der Waals surface area contributed by atoms with Gasteiger partial charge in [-0.05, 0) is 24.5 Å². The highest BCUT2D eigenvalue weighted by molar-refractivity contribution is 6.26. The van der Waals surface area contributed by atoms with Gasteiger partial charge in [0.2, 0.25) is 0 Å². The Hall–Kier alpha value is -2.08. The first-order valence-corrected chi connectivity index (χ1v) is 6.49. The second-order valence-electron chi connectivity index (χ2n) is 4.74. The van der Waals surface area contributed by atoms with Crippen LogP contribution in [0.1, 0.15) is 44.0 Å². The monoisotopic (exact) mass is 279 g/mol. The topological polar surface area (TPSA) is 108 Å². The highest BCUT2D eigenvalue weighted by Gasteiger charge is 2.15. The fourth-order valence-electron chi connectivity index (χ4n) is 1.76. The number of nitrogens with one attached hydrogen (secondary N) is 1. The molecule has 0 aliphatic carbocycles. The predicted molar refractivity (Wildman–Crippen MR) is 78.0 cm³/mol. The highest BCUT2D eigenvalue weighted by Crippen LogP contribution is 2.34. The van der Waals surface area contributed by atoms with Crippen molar-refractivity contribution in [3.05, 3.63) is 23.3 Å². The quantitative estimate of drug-likeness (QED) is 0.611. The number of rotatable bonds is 5. The van der Waals surface area contributed by atoms with Crippen molar-refractivity contribution in [2.24, 2.45) is 10.7 Å². The summed E-state index contributed by atoms with van der Waals surface area (Å²) in [5, 5.41) is 22.1. The molecule has 1 rings (SSSR count). The zero-order chi connectivity index (χ0) is 15.3. The zero-order valence-electron chi connectivity index (χ0n) is 11.9. The molecule has 1 aromatic carbocycles. The van der Waals surface area contributed by atoms with Gasteiger partial charge in [0.05, 0.1) is 6.21 Å². The molecule has 0 aliphatic rings. The maximum Gasteiger partial charge on any atom is 0.262 e. The Kier molecular flexibility index (Phi) is 5.52. The van der Waals surface area contributed by atoms with Crippen molar-refractivity contribution >= 4 is 12.1 Å². The van der Waals surface area contributed by atoms with Crippen molar-refractivity contribution in [3.8, 4) is 11.5 Å². The Bertz CT molecular complexity index is 513. The summed E-state index contributed by atoms with van der Waals surface area (Å²) in [4.78, 5) is 15.2. The van der Waals surface area contributed by atoms with Gasteiger partial charge in [-0.2, -0.15) is 0 Å². The van der Waals surface area contributed by atoms with Crippen molar-refractivity contribution in [2.75, 3.05) is 6.54 Å². The maximum atomic E-state index is 11.3. The molecule has 1 unspecified atom stereocenters. The molecule has 1 aromatic rings. The van der Waals surface area contributed by atoms with E-state index >= 15 is 0 Å². The number of aromatic hydroxyl groups is 2.